The van der Waals surface area contributed by atoms with Crippen LogP contribution in [0.5, 0.6) is 0 Å². The topological polar surface area (TPSA) is 49.3 Å². The van der Waals surface area contributed by atoms with Crippen LogP contribution in [0.25, 0.3) is 0 Å². The van der Waals surface area contributed by atoms with Gasteiger partial charge in [0, 0.05) is 12.1 Å². The van der Waals surface area contributed by atoms with Gasteiger partial charge in [-0.25, -0.2) is 0 Å². The third kappa shape index (κ3) is 3.56. The van der Waals surface area contributed by atoms with E-state index in [2.05, 4.69) is 31.3 Å². The van der Waals surface area contributed by atoms with Gasteiger partial charge in [0.1, 0.15) is 0 Å². The van der Waals surface area contributed by atoms with E-state index in [1.807, 2.05) is 19.1 Å². The largest absolute Gasteiger partial charge is 0.481 e. The summed E-state index contributed by atoms with van der Waals surface area (Å²) in [6.45, 7) is 7.77. The lowest BCUT2D eigenvalue weighted by atomic mass is 9.99. The van der Waals surface area contributed by atoms with Crippen LogP contribution in [0.2, 0.25) is 0 Å². The molecule has 3 unspecified atom stereocenters. The first kappa shape index (κ1) is 13.7. The highest BCUT2D eigenvalue weighted by atomic mass is 16.4. The van der Waals surface area contributed by atoms with Gasteiger partial charge in [0.25, 0.3) is 0 Å². The Morgan fingerprint density at radius 1 is 1.24 bits per heavy atom. The molecular weight excluding hydrogens is 214 g/mol. The van der Waals surface area contributed by atoms with Crippen molar-refractivity contribution in [3.8, 4) is 0 Å². The van der Waals surface area contributed by atoms with Crippen LogP contribution in [0.3, 0.4) is 0 Å². The molecule has 0 saturated heterocycles. The average Bonchev–Trinajstić information content (AvgIpc) is 2.28. The molecule has 0 bridgehead atoms. The Kier molecular flexibility index (Phi) is 4.70. The molecule has 1 aromatic rings. The van der Waals surface area contributed by atoms with Crippen LogP contribution in [0.4, 0.5) is 0 Å². The maximum Gasteiger partial charge on any atom is 0.307 e. The lowest BCUT2D eigenvalue weighted by Crippen LogP contribution is -2.37. The fraction of sp³-hybridized carbons (Fsp3) is 0.500. The van der Waals surface area contributed by atoms with Crippen molar-refractivity contribution in [2.24, 2.45) is 5.92 Å². The zero-order chi connectivity index (χ0) is 13.0. The second-order valence-electron chi connectivity index (χ2n) is 4.66. The summed E-state index contributed by atoms with van der Waals surface area (Å²) in [5, 5.41) is 12.3. The maximum atomic E-state index is 10.9. The molecule has 3 atom stereocenters. The van der Waals surface area contributed by atoms with Crippen LogP contribution in [-0.2, 0) is 4.79 Å². The fourth-order valence-corrected chi connectivity index (χ4v) is 1.91. The van der Waals surface area contributed by atoms with Crippen molar-refractivity contribution >= 4 is 5.97 Å². The van der Waals surface area contributed by atoms with E-state index >= 15 is 0 Å². The number of aryl methyl sites for hydroxylation is 1. The van der Waals surface area contributed by atoms with E-state index in [0.717, 1.165) is 0 Å². The van der Waals surface area contributed by atoms with E-state index in [1.165, 1.54) is 11.1 Å². The first-order valence-corrected chi connectivity index (χ1v) is 5.98. The Morgan fingerprint density at radius 2 is 1.82 bits per heavy atom. The van der Waals surface area contributed by atoms with Crippen LogP contribution >= 0.6 is 0 Å². The summed E-state index contributed by atoms with van der Waals surface area (Å²) in [6.07, 6.45) is 0. The van der Waals surface area contributed by atoms with Crippen LogP contribution < -0.4 is 5.32 Å². The van der Waals surface area contributed by atoms with Crippen molar-refractivity contribution < 1.29 is 9.90 Å². The molecule has 0 aliphatic rings. The molecule has 2 N–H and O–H groups in total. The van der Waals surface area contributed by atoms with Gasteiger partial charge in [-0.1, -0.05) is 31.2 Å². The zero-order valence-electron chi connectivity index (χ0n) is 10.9. The average molecular weight is 235 g/mol. The SMILES string of the molecule is Cc1ccccc1C(C)NC(C)C(C)C(=O)O. The van der Waals surface area contributed by atoms with Crippen molar-refractivity contribution in [2.75, 3.05) is 0 Å². The Bertz CT molecular complexity index is 390. The molecule has 0 radical (unpaired) electrons. The van der Waals surface area contributed by atoms with E-state index in [0.29, 0.717) is 0 Å². The summed E-state index contributed by atoms with van der Waals surface area (Å²) >= 11 is 0. The smallest absolute Gasteiger partial charge is 0.307 e. The van der Waals surface area contributed by atoms with Crippen LogP contribution in [0.15, 0.2) is 24.3 Å². The summed E-state index contributed by atoms with van der Waals surface area (Å²) in [6, 6.07) is 8.26. The van der Waals surface area contributed by atoms with E-state index in [4.69, 9.17) is 5.11 Å². The second kappa shape index (κ2) is 5.82. The number of carboxylic acid groups (broad SMARTS) is 1. The number of carboxylic acids is 1. The van der Waals surface area contributed by atoms with Crippen molar-refractivity contribution in [2.45, 2.75) is 39.8 Å². The number of nitrogens with one attached hydrogen (secondary N) is 1. The second-order valence-corrected chi connectivity index (χ2v) is 4.66. The molecular formula is C14H21NO2. The molecule has 0 heterocycles. The highest BCUT2D eigenvalue weighted by Crippen LogP contribution is 2.18. The molecule has 0 saturated carbocycles. The molecule has 1 rings (SSSR count). The van der Waals surface area contributed by atoms with Crippen LogP contribution in [0.1, 0.15) is 37.9 Å². The molecule has 0 aliphatic heterocycles. The molecule has 0 amide bonds. The number of aliphatic carboxylic acids is 1. The standard InChI is InChI=1S/C14H21NO2/c1-9-7-5-6-8-13(9)12(4)15-11(3)10(2)14(16)17/h5-8,10-12,15H,1-4H3,(H,16,17). The van der Waals surface area contributed by atoms with Gasteiger partial charge in [-0.2, -0.15) is 0 Å². The zero-order valence-corrected chi connectivity index (χ0v) is 10.9. The van der Waals surface area contributed by atoms with Crippen molar-refractivity contribution in [3.63, 3.8) is 0 Å². The molecule has 0 aliphatic carbocycles. The molecule has 0 aromatic heterocycles. The summed E-state index contributed by atoms with van der Waals surface area (Å²) in [7, 11) is 0. The van der Waals surface area contributed by atoms with E-state index < -0.39 is 5.97 Å². The van der Waals surface area contributed by atoms with Crippen LogP contribution in [-0.4, -0.2) is 17.1 Å². The summed E-state index contributed by atoms with van der Waals surface area (Å²) in [5.74, 6) is -1.15. The molecule has 17 heavy (non-hydrogen) atoms. The van der Waals surface area contributed by atoms with Gasteiger partial charge < -0.3 is 10.4 Å². The monoisotopic (exact) mass is 235 g/mol. The van der Waals surface area contributed by atoms with Gasteiger partial charge in [0.05, 0.1) is 5.92 Å². The number of carbonyl (C=O) groups is 1. The lowest BCUT2D eigenvalue weighted by molar-refractivity contribution is -0.142. The number of rotatable bonds is 5. The first-order valence-electron chi connectivity index (χ1n) is 5.98. The Labute approximate surface area is 103 Å². The van der Waals surface area contributed by atoms with Crippen molar-refractivity contribution in [1.29, 1.82) is 0 Å². The Hall–Kier alpha value is -1.35. The van der Waals surface area contributed by atoms with Gasteiger partial charge in [0.2, 0.25) is 0 Å². The van der Waals surface area contributed by atoms with E-state index in [-0.39, 0.29) is 18.0 Å². The number of hydrogen-bond acceptors (Lipinski definition) is 2. The molecule has 0 fully saturated rings. The third-order valence-electron chi connectivity index (χ3n) is 3.31. The van der Waals surface area contributed by atoms with E-state index in [9.17, 15) is 4.79 Å². The van der Waals surface area contributed by atoms with Crippen molar-refractivity contribution in [1.82, 2.24) is 5.32 Å². The minimum Gasteiger partial charge on any atom is -0.481 e. The highest BCUT2D eigenvalue weighted by Gasteiger charge is 2.21. The molecule has 0 spiro atoms. The quantitative estimate of drug-likeness (QED) is 0.825. The predicted octanol–water partition coefficient (Wildman–Crippen LogP) is 2.75. The van der Waals surface area contributed by atoms with Gasteiger partial charge in [-0.3, -0.25) is 4.79 Å². The Morgan fingerprint density at radius 3 is 2.35 bits per heavy atom. The first-order chi connectivity index (χ1) is 7.93. The van der Waals surface area contributed by atoms with Crippen LogP contribution in [0, 0.1) is 12.8 Å². The van der Waals surface area contributed by atoms with Crippen molar-refractivity contribution in [3.05, 3.63) is 35.4 Å². The third-order valence-corrected chi connectivity index (χ3v) is 3.31. The molecule has 94 valence electrons. The lowest BCUT2D eigenvalue weighted by Gasteiger charge is -2.24. The number of benzene rings is 1. The van der Waals surface area contributed by atoms with Gasteiger partial charge in [-0.05, 0) is 31.9 Å². The van der Waals surface area contributed by atoms with E-state index in [1.54, 1.807) is 6.92 Å². The summed E-state index contributed by atoms with van der Waals surface area (Å²) < 4.78 is 0. The number of hydrogen-bond donors (Lipinski definition) is 2. The summed E-state index contributed by atoms with van der Waals surface area (Å²) in [5.41, 5.74) is 2.44. The van der Waals surface area contributed by atoms with Gasteiger partial charge >= 0.3 is 5.97 Å². The van der Waals surface area contributed by atoms with Gasteiger partial charge in [-0.15, -0.1) is 0 Å². The predicted molar refractivity (Wildman–Crippen MR) is 69.0 cm³/mol. The molecule has 3 nitrogen and oxygen atoms in total. The fourth-order valence-electron chi connectivity index (χ4n) is 1.91. The molecule has 3 heteroatoms. The van der Waals surface area contributed by atoms with Gasteiger partial charge in [0.15, 0.2) is 0 Å². The maximum absolute atomic E-state index is 10.9. The highest BCUT2D eigenvalue weighted by molar-refractivity contribution is 5.70. The summed E-state index contributed by atoms with van der Waals surface area (Å²) in [4.78, 5) is 10.9. The molecule has 1 aromatic carbocycles. The normalized spacial score (nSPS) is 16.2. The Balaban J connectivity index is 2.70. The minimum atomic E-state index is -0.762. The minimum absolute atomic E-state index is 0.0536.